The van der Waals surface area contributed by atoms with Crippen molar-refractivity contribution in [1.82, 2.24) is 10.3 Å². The first-order valence-electron chi connectivity index (χ1n) is 12.6. The SMILES string of the molecule is CC(C)[C@H](N)C(=O)NC(=NC=N)c1ccc([C@]2(C#N)O[C@H](CO)[C@@H](OC(=O)CC3CCCCC3)[C@H]2O)[nH]1. The summed E-state index contributed by atoms with van der Waals surface area (Å²) in [6, 6.07) is 4.08. The highest BCUT2D eigenvalue weighted by Gasteiger charge is 2.58. The fourth-order valence-corrected chi connectivity index (χ4v) is 4.78. The zero-order valence-electron chi connectivity index (χ0n) is 21.1. The summed E-state index contributed by atoms with van der Waals surface area (Å²) in [4.78, 5) is 31.8. The highest BCUT2D eigenvalue weighted by atomic mass is 16.6. The van der Waals surface area contributed by atoms with Gasteiger partial charge in [0.1, 0.15) is 24.6 Å². The Kier molecular flexibility index (Phi) is 9.56. The summed E-state index contributed by atoms with van der Waals surface area (Å²) in [7, 11) is 0. The highest BCUT2D eigenvalue weighted by Crippen LogP contribution is 2.41. The molecule has 1 aromatic heterocycles. The van der Waals surface area contributed by atoms with Crippen LogP contribution in [0.2, 0.25) is 0 Å². The van der Waals surface area contributed by atoms with Crippen molar-refractivity contribution in [3.05, 3.63) is 23.5 Å². The molecule has 0 spiro atoms. The molecule has 0 aromatic carbocycles. The molecule has 2 aliphatic rings. The number of aliphatic imine (C=N–C) groups is 1. The van der Waals surface area contributed by atoms with Crippen LogP contribution in [0.1, 0.15) is 63.8 Å². The number of carbonyl (C=O) groups excluding carboxylic acids is 2. The summed E-state index contributed by atoms with van der Waals surface area (Å²) in [5.74, 6) is -0.965. The van der Waals surface area contributed by atoms with Crippen LogP contribution < -0.4 is 11.1 Å². The molecule has 3 rings (SSSR count). The number of nitrogens with two attached hydrogens (primary N) is 1. The molecular formula is C25H36N6O6. The number of amides is 1. The Morgan fingerprint density at radius 3 is 2.70 bits per heavy atom. The third-order valence-corrected chi connectivity index (χ3v) is 7.02. The zero-order valence-corrected chi connectivity index (χ0v) is 21.1. The van der Waals surface area contributed by atoms with Crippen LogP contribution in [0.3, 0.4) is 0 Å². The molecule has 1 amide bonds. The molecule has 1 aliphatic carbocycles. The Morgan fingerprint density at radius 1 is 1.41 bits per heavy atom. The molecule has 1 saturated carbocycles. The normalized spacial score (nSPS) is 27.5. The minimum Gasteiger partial charge on any atom is -0.457 e. The van der Waals surface area contributed by atoms with Crippen molar-refractivity contribution in [3.8, 4) is 6.07 Å². The van der Waals surface area contributed by atoms with Crippen LogP contribution in [0.15, 0.2) is 17.1 Å². The lowest BCUT2D eigenvalue weighted by Gasteiger charge is -2.25. The van der Waals surface area contributed by atoms with E-state index in [1.165, 1.54) is 12.1 Å². The molecule has 12 nitrogen and oxygen atoms in total. The summed E-state index contributed by atoms with van der Waals surface area (Å²) >= 11 is 0. The van der Waals surface area contributed by atoms with E-state index in [9.17, 15) is 25.1 Å². The van der Waals surface area contributed by atoms with Gasteiger partial charge in [0.2, 0.25) is 11.5 Å². The van der Waals surface area contributed by atoms with E-state index in [1.54, 1.807) is 13.8 Å². The van der Waals surface area contributed by atoms with Crippen LogP contribution in [-0.2, 0) is 24.7 Å². The molecule has 1 saturated heterocycles. The fraction of sp³-hybridized carbons (Fsp3) is 0.640. The van der Waals surface area contributed by atoms with Gasteiger partial charge in [-0.25, -0.2) is 4.99 Å². The number of H-pyrrole nitrogens is 1. The van der Waals surface area contributed by atoms with Gasteiger partial charge in [-0.2, -0.15) is 5.26 Å². The Balaban J connectivity index is 1.81. The van der Waals surface area contributed by atoms with E-state index in [-0.39, 0.29) is 35.5 Å². The number of aliphatic hydroxyl groups is 2. The van der Waals surface area contributed by atoms with Crippen LogP contribution in [0.4, 0.5) is 0 Å². The number of aromatic nitrogens is 1. The van der Waals surface area contributed by atoms with Crippen molar-refractivity contribution < 1.29 is 29.3 Å². The third-order valence-electron chi connectivity index (χ3n) is 7.02. The molecule has 0 radical (unpaired) electrons. The Hall–Kier alpha value is -3.11. The number of nitrogens with one attached hydrogen (secondary N) is 3. The molecule has 2 fully saturated rings. The molecule has 0 bridgehead atoms. The number of rotatable bonds is 9. The van der Waals surface area contributed by atoms with Gasteiger partial charge in [-0.15, -0.1) is 0 Å². The number of carbonyl (C=O) groups is 2. The smallest absolute Gasteiger partial charge is 0.306 e. The van der Waals surface area contributed by atoms with Crippen LogP contribution in [0, 0.1) is 28.6 Å². The number of nitriles is 1. The zero-order chi connectivity index (χ0) is 27.2. The third kappa shape index (κ3) is 6.24. The van der Waals surface area contributed by atoms with Gasteiger partial charge in [0.05, 0.1) is 24.0 Å². The fourth-order valence-electron chi connectivity index (χ4n) is 4.78. The van der Waals surface area contributed by atoms with E-state index < -0.39 is 48.4 Å². The minimum absolute atomic E-state index is 0.0166. The summed E-state index contributed by atoms with van der Waals surface area (Å²) in [5, 5.41) is 41.0. The molecule has 12 heteroatoms. The molecule has 37 heavy (non-hydrogen) atoms. The van der Waals surface area contributed by atoms with Crippen molar-refractivity contribution in [1.29, 1.82) is 10.7 Å². The van der Waals surface area contributed by atoms with Gasteiger partial charge in [-0.05, 0) is 36.8 Å². The molecule has 5 atom stereocenters. The average Bonchev–Trinajstić information content (AvgIpc) is 3.48. The summed E-state index contributed by atoms with van der Waals surface area (Å²) in [5.41, 5.74) is 4.23. The maximum absolute atomic E-state index is 12.6. The first-order valence-corrected chi connectivity index (χ1v) is 12.6. The van der Waals surface area contributed by atoms with E-state index in [0.717, 1.165) is 38.4 Å². The first-order chi connectivity index (χ1) is 17.7. The lowest BCUT2D eigenvalue weighted by molar-refractivity contribution is -0.158. The monoisotopic (exact) mass is 516 g/mol. The van der Waals surface area contributed by atoms with Crippen LogP contribution in [-0.4, -0.2) is 70.2 Å². The summed E-state index contributed by atoms with van der Waals surface area (Å²) in [6.07, 6.45) is 2.10. The number of hydrogen-bond acceptors (Lipinski definition) is 9. The number of amidine groups is 1. The van der Waals surface area contributed by atoms with Crippen molar-refractivity contribution in [3.63, 3.8) is 0 Å². The number of aliphatic hydroxyl groups excluding tert-OH is 2. The molecule has 2 heterocycles. The molecular weight excluding hydrogens is 480 g/mol. The van der Waals surface area contributed by atoms with E-state index in [1.807, 2.05) is 6.07 Å². The number of aromatic amines is 1. The van der Waals surface area contributed by atoms with E-state index >= 15 is 0 Å². The highest BCUT2D eigenvalue weighted by molar-refractivity contribution is 6.10. The van der Waals surface area contributed by atoms with Gasteiger partial charge < -0.3 is 35.7 Å². The number of hydrogen-bond donors (Lipinski definition) is 6. The molecule has 7 N–H and O–H groups in total. The van der Waals surface area contributed by atoms with Gasteiger partial charge >= 0.3 is 5.97 Å². The van der Waals surface area contributed by atoms with E-state index in [4.69, 9.17) is 20.6 Å². The van der Waals surface area contributed by atoms with Crippen molar-refractivity contribution >= 4 is 24.1 Å². The van der Waals surface area contributed by atoms with Gasteiger partial charge in [-0.3, -0.25) is 15.0 Å². The molecule has 1 aliphatic heterocycles. The summed E-state index contributed by atoms with van der Waals surface area (Å²) < 4.78 is 11.3. The number of esters is 1. The lowest BCUT2D eigenvalue weighted by atomic mass is 9.87. The second-order valence-electron chi connectivity index (χ2n) is 9.95. The van der Waals surface area contributed by atoms with Crippen LogP contribution >= 0.6 is 0 Å². The molecule has 1 aromatic rings. The van der Waals surface area contributed by atoms with E-state index in [2.05, 4.69) is 15.3 Å². The number of ether oxygens (including phenoxy) is 2. The van der Waals surface area contributed by atoms with E-state index in [0.29, 0.717) is 0 Å². The van der Waals surface area contributed by atoms with Crippen molar-refractivity contribution in [2.24, 2.45) is 22.6 Å². The maximum Gasteiger partial charge on any atom is 0.306 e. The predicted molar refractivity (Wildman–Crippen MR) is 133 cm³/mol. The Morgan fingerprint density at radius 2 is 2.11 bits per heavy atom. The number of nitrogens with zero attached hydrogens (tertiary/aromatic N) is 2. The minimum atomic E-state index is -1.99. The van der Waals surface area contributed by atoms with Gasteiger partial charge in [0, 0.05) is 6.42 Å². The lowest BCUT2D eigenvalue weighted by Crippen LogP contribution is -2.46. The quantitative estimate of drug-likeness (QED) is 0.157. The predicted octanol–water partition coefficient (Wildman–Crippen LogP) is 0.821. The second kappa shape index (κ2) is 12.4. The van der Waals surface area contributed by atoms with Crippen LogP contribution in [0.25, 0.3) is 0 Å². The van der Waals surface area contributed by atoms with Crippen molar-refractivity contribution in [2.45, 2.75) is 82.3 Å². The Bertz CT molecular complexity index is 1040. The Labute approximate surface area is 215 Å². The molecule has 202 valence electrons. The first kappa shape index (κ1) is 28.5. The largest absolute Gasteiger partial charge is 0.457 e. The van der Waals surface area contributed by atoms with Gasteiger partial charge in [0.25, 0.3) is 0 Å². The maximum atomic E-state index is 12.6. The summed E-state index contributed by atoms with van der Waals surface area (Å²) in [6.45, 7) is 2.99. The van der Waals surface area contributed by atoms with Gasteiger partial charge in [-0.1, -0.05) is 33.1 Å². The average molecular weight is 517 g/mol. The standard InChI is InChI=1S/C25H36N6O6/c1-14(2)20(28)24(35)31-23(29-13-27)16-8-9-18(30-16)25(12-26)22(34)21(17(11-32)37-25)36-19(33)10-15-6-4-3-5-7-15/h8-9,13-15,17,20-22,30,32,34H,3-7,10-11,28H2,1-2H3,(H2,27,29,31,35)/t17-,20+,21-,22-,25+/m1/s1. The van der Waals surface area contributed by atoms with Crippen molar-refractivity contribution in [2.75, 3.05) is 6.61 Å². The molecule has 0 unspecified atom stereocenters. The van der Waals surface area contributed by atoms with Gasteiger partial charge in [0.15, 0.2) is 11.9 Å². The second-order valence-corrected chi connectivity index (χ2v) is 9.95. The topological polar surface area (TPSA) is 207 Å². The van der Waals surface area contributed by atoms with Crippen LogP contribution in [0.5, 0.6) is 0 Å².